The van der Waals surface area contributed by atoms with Gasteiger partial charge in [0.2, 0.25) is 0 Å². The third-order valence-corrected chi connectivity index (χ3v) is 4.66. The molecule has 0 amide bonds. The number of nitrogens with one attached hydrogen (secondary N) is 1. The molecule has 3 unspecified atom stereocenters. The maximum absolute atomic E-state index is 9.87. The van der Waals surface area contributed by atoms with Crippen molar-refractivity contribution in [3.8, 4) is 0 Å². The van der Waals surface area contributed by atoms with Crippen molar-refractivity contribution in [1.29, 1.82) is 0 Å². The van der Waals surface area contributed by atoms with E-state index in [1.165, 1.54) is 37.7 Å². The molecule has 0 aliphatic heterocycles. The molecular formula is C17H27NO. The van der Waals surface area contributed by atoms with Crippen LogP contribution >= 0.6 is 0 Å². The Morgan fingerprint density at radius 1 is 1.21 bits per heavy atom. The topological polar surface area (TPSA) is 32.3 Å². The molecule has 1 fully saturated rings. The van der Waals surface area contributed by atoms with Crippen molar-refractivity contribution in [2.45, 2.75) is 57.5 Å². The van der Waals surface area contributed by atoms with E-state index in [1.54, 1.807) is 0 Å². The number of benzene rings is 1. The van der Waals surface area contributed by atoms with Crippen LogP contribution in [0, 0.1) is 5.92 Å². The Bertz CT molecular complexity index is 378. The summed E-state index contributed by atoms with van der Waals surface area (Å²) in [5.41, 5.74) is 0.856. The molecule has 1 aliphatic rings. The lowest BCUT2D eigenvalue weighted by atomic mass is 9.80. The molecule has 1 aromatic carbocycles. The predicted molar refractivity (Wildman–Crippen MR) is 80.1 cm³/mol. The fourth-order valence-corrected chi connectivity index (χ4v) is 3.32. The van der Waals surface area contributed by atoms with Crippen LogP contribution in [0.5, 0.6) is 0 Å². The van der Waals surface area contributed by atoms with E-state index in [4.69, 9.17) is 0 Å². The van der Waals surface area contributed by atoms with Gasteiger partial charge in [-0.25, -0.2) is 0 Å². The average molecular weight is 261 g/mol. The third-order valence-electron chi connectivity index (χ3n) is 4.66. The molecule has 0 radical (unpaired) electrons. The number of hydrogen-bond acceptors (Lipinski definition) is 2. The van der Waals surface area contributed by atoms with Gasteiger partial charge >= 0.3 is 0 Å². The Balaban J connectivity index is 2.13. The van der Waals surface area contributed by atoms with Gasteiger partial charge in [-0.2, -0.15) is 0 Å². The second-order valence-corrected chi connectivity index (χ2v) is 6.06. The van der Waals surface area contributed by atoms with Gasteiger partial charge in [0.25, 0.3) is 0 Å². The Labute approximate surface area is 117 Å². The van der Waals surface area contributed by atoms with E-state index in [0.717, 1.165) is 5.92 Å². The predicted octanol–water partition coefficient (Wildman–Crippen LogP) is 3.45. The molecule has 3 atom stereocenters. The summed E-state index contributed by atoms with van der Waals surface area (Å²) in [6.45, 7) is 4.54. The zero-order chi connectivity index (χ0) is 13.7. The van der Waals surface area contributed by atoms with Crippen LogP contribution in [0.3, 0.4) is 0 Å². The second kappa shape index (κ2) is 6.53. The molecule has 2 N–H and O–H groups in total. The van der Waals surface area contributed by atoms with Crippen molar-refractivity contribution >= 4 is 0 Å². The van der Waals surface area contributed by atoms with E-state index in [1.807, 2.05) is 18.2 Å². The van der Waals surface area contributed by atoms with Crippen molar-refractivity contribution in [3.05, 3.63) is 35.9 Å². The molecule has 106 valence electrons. The van der Waals surface area contributed by atoms with E-state index in [2.05, 4.69) is 31.3 Å². The first-order valence-electron chi connectivity index (χ1n) is 7.63. The lowest BCUT2D eigenvalue weighted by Gasteiger charge is -2.40. The van der Waals surface area contributed by atoms with Gasteiger partial charge in [-0.05, 0) is 31.2 Å². The highest BCUT2D eigenvalue weighted by Crippen LogP contribution is 2.30. The van der Waals surface area contributed by atoms with Crippen molar-refractivity contribution in [3.63, 3.8) is 0 Å². The monoisotopic (exact) mass is 261 g/mol. The summed E-state index contributed by atoms with van der Waals surface area (Å²) < 4.78 is 0. The molecule has 1 aromatic rings. The Hall–Kier alpha value is -0.860. The molecule has 0 aromatic heterocycles. The van der Waals surface area contributed by atoms with Gasteiger partial charge in [0.15, 0.2) is 0 Å². The highest BCUT2D eigenvalue weighted by atomic mass is 16.3. The van der Waals surface area contributed by atoms with Crippen LogP contribution in [0.2, 0.25) is 0 Å². The van der Waals surface area contributed by atoms with Crippen LogP contribution in [0.15, 0.2) is 30.3 Å². The molecule has 2 nitrogen and oxygen atoms in total. The van der Waals surface area contributed by atoms with Gasteiger partial charge in [-0.3, -0.25) is 0 Å². The number of hydrogen-bond donors (Lipinski definition) is 2. The fourth-order valence-electron chi connectivity index (χ4n) is 3.32. The Kier molecular flexibility index (Phi) is 5.00. The summed E-state index contributed by atoms with van der Waals surface area (Å²) in [6.07, 6.45) is 6.46. The summed E-state index contributed by atoms with van der Waals surface area (Å²) >= 11 is 0. The molecule has 0 heterocycles. The molecule has 2 heteroatoms. The first kappa shape index (κ1) is 14.5. The SMILES string of the molecule is CCC1CCCCC1NC(C)(CO)c1ccccc1. The van der Waals surface area contributed by atoms with Gasteiger partial charge < -0.3 is 10.4 Å². The number of rotatable bonds is 5. The first-order chi connectivity index (χ1) is 9.19. The van der Waals surface area contributed by atoms with Crippen LogP contribution in [0.4, 0.5) is 0 Å². The van der Waals surface area contributed by atoms with Crippen LogP contribution < -0.4 is 5.32 Å². The summed E-state index contributed by atoms with van der Waals surface area (Å²) in [6, 6.07) is 10.9. The summed E-state index contributed by atoms with van der Waals surface area (Å²) in [4.78, 5) is 0. The summed E-state index contributed by atoms with van der Waals surface area (Å²) in [5, 5.41) is 13.6. The van der Waals surface area contributed by atoms with E-state index >= 15 is 0 Å². The van der Waals surface area contributed by atoms with Crippen molar-refractivity contribution in [2.75, 3.05) is 6.61 Å². The largest absolute Gasteiger partial charge is 0.394 e. The summed E-state index contributed by atoms with van der Waals surface area (Å²) in [5.74, 6) is 0.753. The van der Waals surface area contributed by atoms with Crippen molar-refractivity contribution in [2.24, 2.45) is 5.92 Å². The standard InChI is InChI=1S/C17H27NO/c1-3-14-9-7-8-12-16(14)18-17(2,13-19)15-10-5-4-6-11-15/h4-6,10-11,14,16,18-19H,3,7-9,12-13H2,1-2H3. The molecule has 19 heavy (non-hydrogen) atoms. The smallest absolute Gasteiger partial charge is 0.0652 e. The zero-order valence-corrected chi connectivity index (χ0v) is 12.2. The Morgan fingerprint density at radius 2 is 1.89 bits per heavy atom. The van der Waals surface area contributed by atoms with E-state index in [0.29, 0.717) is 6.04 Å². The maximum atomic E-state index is 9.87. The van der Waals surface area contributed by atoms with Crippen molar-refractivity contribution < 1.29 is 5.11 Å². The van der Waals surface area contributed by atoms with Gasteiger partial charge in [-0.15, -0.1) is 0 Å². The molecule has 0 saturated heterocycles. The minimum atomic E-state index is -0.323. The highest BCUT2D eigenvalue weighted by Gasteiger charge is 2.32. The lowest BCUT2D eigenvalue weighted by molar-refractivity contribution is 0.128. The normalized spacial score (nSPS) is 26.9. The van der Waals surface area contributed by atoms with Crippen LogP contribution in [-0.4, -0.2) is 17.8 Å². The van der Waals surface area contributed by atoms with Gasteiger partial charge in [0, 0.05) is 6.04 Å². The summed E-state index contributed by atoms with van der Waals surface area (Å²) in [7, 11) is 0. The van der Waals surface area contributed by atoms with E-state index in [-0.39, 0.29) is 12.1 Å². The van der Waals surface area contributed by atoms with Gasteiger partial charge in [0.05, 0.1) is 12.1 Å². The van der Waals surface area contributed by atoms with Crippen LogP contribution in [-0.2, 0) is 5.54 Å². The van der Waals surface area contributed by atoms with E-state index in [9.17, 15) is 5.11 Å². The van der Waals surface area contributed by atoms with Crippen molar-refractivity contribution in [1.82, 2.24) is 5.32 Å². The molecule has 0 spiro atoms. The number of aliphatic hydroxyl groups excluding tert-OH is 1. The minimum absolute atomic E-state index is 0.143. The number of aliphatic hydroxyl groups is 1. The molecule has 0 bridgehead atoms. The molecular weight excluding hydrogens is 234 g/mol. The first-order valence-corrected chi connectivity index (χ1v) is 7.63. The second-order valence-electron chi connectivity index (χ2n) is 6.06. The fraction of sp³-hybridized carbons (Fsp3) is 0.647. The molecule has 2 rings (SSSR count). The highest BCUT2D eigenvalue weighted by molar-refractivity contribution is 5.24. The lowest BCUT2D eigenvalue weighted by Crippen LogP contribution is -2.51. The minimum Gasteiger partial charge on any atom is -0.394 e. The quantitative estimate of drug-likeness (QED) is 0.851. The average Bonchev–Trinajstić information content (AvgIpc) is 2.48. The third kappa shape index (κ3) is 3.37. The van der Waals surface area contributed by atoms with Gasteiger partial charge in [0.1, 0.15) is 0 Å². The maximum Gasteiger partial charge on any atom is 0.0652 e. The Morgan fingerprint density at radius 3 is 2.53 bits per heavy atom. The van der Waals surface area contributed by atoms with E-state index < -0.39 is 0 Å². The zero-order valence-electron chi connectivity index (χ0n) is 12.2. The molecule has 1 aliphatic carbocycles. The van der Waals surface area contributed by atoms with Gasteiger partial charge in [-0.1, -0.05) is 56.5 Å². The molecule has 1 saturated carbocycles. The van der Waals surface area contributed by atoms with Crippen LogP contribution in [0.1, 0.15) is 51.5 Å². The van der Waals surface area contributed by atoms with Crippen LogP contribution in [0.25, 0.3) is 0 Å².